The fraction of sp³-hybridized carbons (Fsp3) is 0.824. The Labute approximate surface area is 119 Å². The van der Waals surface area contributed by atoms with E-state index in [0.29, 0.717) is 6.42 Å². The van der Waals surface area contributed by atoms with E-state index in [1.54, 1.807) is 0 Å². The van der Waals surface area contributed by atoms with Crippen LogP contribution in [-0.2, 0) is 9.53 Å². The first-order valence-corrected chi connectivity index (χ1v) is 7.88. The molecule has 0 saturated heterocycles. The summed E-state index contributed by atoms with van der Waals surface area (Å²) in [4.78, 5) is 10.9. The van der Waals surface area contributed by atoms with Crippen LogP contribution in [0.4, 0.5) is 0 Å². The summed E-state index contributed by atoms with van der Waals surface area (Å²) in [5.41, 5.74) is 0. The van der Waals surface area contributed by atoms with Crippen LogP contribution in [0.2, 0.25) is 0 Å². The fourth-order valence-corrected chi connectivity index (χ4v) is 2.00. The predicted octanol–water partition coefficient (Wildman–Crippen LogP) is 5.27. The standard InChI is InChI=1S/C17H32O2/c1-16(2)14-12-10-8-6-4-5-7-9-11-13-15-17(18)19-3/h10,12,16H,4-9,11,13-15H2,1-3H3. The molecule has 0 spiro atoms. The lowest BCUT2D eigenvalue weighted by atomic mass is 10.1. The minimum Gasteiger partial charge on any atom is -0.469 e. The number of hydrogen-bond donors (Lipinski definition) is 0. The van der Waals surface area contributed by atoms with Crippen molar-refractivity contribution in [2.24, 2.45) is 5.92 Å². The zero-order chi connectivity index (χ0) is 14.3. The van der Waals surface area contributed by atoms with Crippen LogP contribution in [0.5, 0.6) is 0 Å². The van der Waals surface area contributed by atoms with E-state index < -0.39 is 0 Å². The molecule has 112 valence electrons. The molecule has 2 nitrogen and oxygen atoms in total. The molecular weight excluding hydrogens is 236 g/mol. The lowest BCUT2D eigenvalue weighted by molar-refractivity contribution is -0.140. The van der Waals surface area contributed by atoms with E-state index in [0.717, 1.165) is 18.8 Å². The van der Waals surface area contributed by atoms with Gasteiger partial charge in [0.05, 0.1) is 7.11 Å². The summed E-state index contributed by atoms with van der Waals surface area (Å²) in [6.45, 7) is 4.51. The minimum atomic E-state index is -0.0758. The van der Waals surface area contributed by atoms with Gasteiger partial charge in [-0.1, -0.05) is 58.1 Å². The first-order valence-electron chi connectivity index (χ1n) is 7.88. The van der Waals surface area contributed by atoms with E-state index in [2.05, 4.69) is 30.7 Å². The van der Waals surface area contributed by atoms with Gasteiger partial charge < -0.3 is 4.74 Å². The summed E-state index contributed by atoms with van der Waals surface area (Å²) in [5, 5.41) is 0. The topological polar surface area (TPSA) is 26.3 Å². The van der Waals surface area contributed by atoms with Crippen molar-refractivity contribution < 1.29 is 9.53 Å². The number of unbranched alkanes of at least 4 members (excludes halogenated alkanes) is 7. The maximum Gasteiger partial charge on any atom is 0.305 e. The predicted molar refractivity (Wildman–Crippen MR) is 82.2 cm³/mol. The third-order valence-corrected chi connectivity index (χ3v) is 3.25. The fourth-order valence-electron chi connectivity index (χ4n) is 2.00. The van der Waals surface area contributed by atoms with Gasteiger partial charge in [0.2, 0.25) is 0 Å². The highest BCUT2D eigenvalue weighted by Gasteiger charge is 1.98. The van der Waals surface area contributed by atoms with Crippen molar-refractivity contribution in [3.05, 3.63) is 12.2 Å². The van der Waals surface area contributed by atoms with Crippen LogP contribution in [0.1, 0.15) is 78.1 Å². The average Bonchev–Trinajstić information content (AvgIpc) is 2.39. The number of esters is 1. The smallest absolute Gasteiger partial charge is 0.305 e. The molecule has 0 atom stereocenters. The molecule has 0 rings (SSSR count). The maximum absolute atomic E-state index is 10.9. The Kier molecular flexibility index (Phi) is 13.1. The van der Waals surface area contributed by atoms with Gasteiger partial charge in [-0.05, 0) is 31.6 Å². The van der Waals surface area contributed by atoms with Crippen LogP contribution in [0.3, 0.4) is 0 Å². The molecule has 0 saturated carbocycles. The summed E-state index contributed by atoms with van der Waals surface area (Å²) in [5.74, 6) is 0.703. The normalized spacial score (nSPS) is 11.4. The van der Waals surface area contributed by atoms with Crippen LogP contribution in [0, 0.1) is 5.92 Å². The first-order chi connectivity index (χ1) is 9.16. The molecule has 0 amide bonds. The highest BCUT2D eigenvalue weighted by atomic mass is 16.5. The van der Waals surface area contributed by atoms with E-state index in [1.807, 2.05) is 0 Å². The molecule has 0 aliphatic heterocycles. The summed E-state index contributed by atoms with van der Waals surface area (Å²) in [6.07, 6.45) is 16.3. The Hall–Kier alpha value is -0.790. The number of carbonyl (C=O) groups is 1. The van der Waals surface area contributed by atoms with E-state index in [4.69, 9.17) is 0 Å². The van der Waals surface area contributed by atoms with Gasteiger partial charge in [-0.15, -0.1) is 0 Å². The molecule has 0 aliphatic carbocycles. The second kappa shape index (κ2) is 13.6. The summed E-state index contributed by atoms with van der Waals surface area (Å²) >= 11 is 0. The second-order valence-corrected chi connectivity index (χ2v) is 5.69. The van der Waals surface area contributed by atoms with E-state index in [9.17, 15) is 4.79 Å². The van der Waals surface area contributed by atoms with Gasteiger partial charge in [0.15, 0.2) is 0 Å². The van der Waals surface area contributed by atoms with Crippen molar-refractivity contribution >= 4 is 5.97 Å². The highest BCUT2D eigenvalue weighted by Crippen LogP contribution is 2.10. The van der Waals surface area contributed by atoms with Gasteiger partial charge >= 0.3 is 5.97 Å². The minimum absolute atomic E-state index is 0.0758. The van der Waals surface area contributed by atoms with Crippen LogP contribution < -0.4 is 0 Å². The number of rotatable bonds is 12. The Bertz CT molecular complexity index is 231. The lowest BCUT2D eigenvalue weighted by Crippen LogP contribution is -1.99. The quantitative estimate of drug-likeness (QED) is 0.274. The number of allylic oxidation sites excluding steroid dienone is 2. The SMILES string of the molecule is COC(=O)CCCCCCCCCC=CCC(C)C. The van der Waals surface area contributed by atoms with E-state index in [1.165, 1.54) is 52.1 Å². The van der Waals surface area contributed by atoms with Crippen molar-refractivity contribution in [2.75, 3.05) is 7.11 Å². The van der Waals surface area contributed by atoms with Crippen molar-refractivity contribution in [3.63, 3.8) is 0 Å². The van der Waals surface area contributed by atoms with E-state index in [-0.39, 0.29) is 5.97 Å². The number of ether oxygens (including phenoxy) is 1. The highest BCUT2D eigenvalue weighted by molar-refractivity contribution is 5.68. The molecule has 0 N–H and O–H groups in total. The molecule has 0 aromatic rings. The largest absolute Gasteiger partial charge is 0.469 e. The van der Waals surface area contributed by atoms with Gasteiger partial charge in [-0.3, -0.25) is 4.79 Å². The maximum atomic E-state index is 10.9. The molecule has 19 heavy (non-hydrogen) atoms. The summed E-state index contributed by atoms with van der Waals surface area (Å²) < 4.78 is 4.61. The molecule has 0 aromatic carbocycles. The molecule has 2 heteroatoms. The van der Waals surface area contributed by atoms with Gasteiger partial charge in [-0.2, -0.15) is 0 Å². The Balaban J connectivity index is 3.11. The number of methoxy groups -OCH3 is 1. The molecule has 0 aliphatic rings. The van der Waals surface area contributed by atoms with Crippen LogP contribution in [-0.4, -0.2) is 13.1 Å². The number of carbonyl (C=O) groups excluding carboxylic acids is 1. The van der Waals surface area contributed by atoms with Crippen molar-refractivity contribution in [2.45, 2.75) is 78.1 Å². The third kappa shape index (κ3) is 15.2. The van der Waals surface area contributed by atoms with Crippen molar-refractivity contribution in [1.29, 1.82) is 0 Å². The van der Waals surface area contributed by atoms with Crippen LogP contribution in [0.15, 0.2) is 12.2 Å². The Morgan fingerprint density at radius 1 is 0.947 bits per heavy atom. The molecule has 0 radical (unpaired) electrons. The van der Waals surface area contributed by atoms with Crippen molar-refractivity contribution in [1.82, 2.24) is 0 Å². The molecule has 0 aromatic heterocycles. The first kappa shape index (κ1) is 18.2. The summed E-state index contributed by atoms with van der Waals surface area (Å²) in [6, 6.07) is 0. The zero-order valence-electron chi connectivity index (χ0n) is 13.1. The van der Waals surface area contributed by atoms with Gasteiger partial charge in [0, 0.05) is 6.42 Å². The van der Waals surface area contributed by atoms with Gasteiger partial charge in [-0.25, -0.2) is 0 Å². The Morgan fingerprint density at radius 2 is 1.53 bits per heavy atom. The van der Waals surface area contributed by atoms with Crippen LogP contribution in [0.25, 0.3) is 0 Å². The monoisotopic (exact) mass is 268 g/mol. The van der Waals surface area contributed by atoms with Gasteiger partial charge in [0.1, 0.15) is 0 Å². The third-order valence-electron chi connectivity index (χ3n) is 3.25. The molecule has 0 unspecified atom stereocenters. The second-order valence-electron chi connectivity index (χ2n) is 5.69. The molecule has 0 fully saturated rings. The Morgan fingerprint density at radius 3 is 2.11 bits per heavy atom. The zero-order valence-corrected chi connectivity index (χ0v) is 13.1. The molecule has 0 heterocycles. The van der Waals surface area contributed by atoms with Gasteiger partial charge in [0.25, 0.3) is 0 Å². The molecule has 0 bridgehead atoms. The lowest BCUT2D eigenvalue weighted by Gasteiger charge is -2.01. The van der Waals surface area contributed by atoms with E-state index >= 15 is 0 Å². The summed E-state index contributed by atoms with van der Waals surface area (Å²) in [7, 11) is 1.46. The number of hydrogen-bond acceptors (Lipinski definition) is 2. The van der Waals surface area contributed by atoms with Crippen molar-refractivity contribution in [3.8, 4) is 0 Å². The molecular formula is C17H32O2. The average molecular weight is 268 g/mol. The van der Waals surface area contributed by atoms with Crippen LogP contribution >= 0.6 is 0 Å².